The molecule has 0 saturated carbocycles. The summed E-state index contributed by atoms with van der Waals surface area (Å²) in [5.41, 5.74) is -6.07. The molecule has 1 aromatic rings. The number of aryl methyl sites for hydroxylation is 1. The third-order valence-electron chi connectivity index (χ3n) is 3.60. The molecular weight excluding hydrogens is 321 g/mol. The molecule has 2 N–H and O–H groups in total. The van der Waals surface area contributed by atoms with Gasteiger partial charge in [0.2, 0.25) is 0 Å². The second-order valence-electron chi connectivity index (χ2n) is 5.20. The molecule has 1 aliphatic carbocycles. The molecule has 10 heteroatoms. The largest absolute Gasteiger partial charge is 0.655 e. The Balaban J connectivity index is 2.44. The summed E-state index contributed by atoms with van der Waals surface area (Å²) < 4.78 is 28.6. The third kappa shape index (κ3) is 3.03. The van der Waals surface area contributed by atoms with E-state index in [0.717, 1.165) is 4.57 Å². The number of aromatic nitrogens is 2. The summed E-state index contributed by atoms with van der Waals surface area (Å²) >= 11 is 0. The smallest absolute Gasteiger partial charge is 0.392 e. The van der Waals surface area contributed by atoms with Gasteiger partial charge in [0.05, 0.1) is 0 Å². The topological polar surface area (TPSA) is 121 Å². The van der Waals surface area contributed by atoms with Crippen molar-refractivity contribution >= 4 is 7.94 Å². The summed E-state index contributed by atoms with van der Waals surface area (Å²) in [7, 11) is -5.88. The third-order valence-corrected chi connectivity index (χ3v) is 4.58. The highest BCUT2D eigenvalue weighted by atomic mass is 31.2. The second-order valence-corrected chi connectivity index (χ2v) is 6.80. The number of hydrogen-bond acceptors (Lipinski definition) is 5. The van der Waals surface area contributed by atoms with Crippen molar-refractivity contribution in [3.8, 4) is 0 Å². The van der Waals surface area contributed by atoms with Gasteiger partial charge >= 0.3 is 11.4 Å². The zero-order chi connectivity index (χ0) is 16.7. The molecule has 1 aromatic heterocycles. The number of alkyl halides is 2. The van der Waals surface area contributed by atoms with E-state index in [4.69, 9.17) is 4.89 Å². The van der Waals surface area contributed by atoms with Crippen molar-refractivity contribution in [1.29, 1.82) is 0 Å². The van der Waals surface area contributed by atoms with Crippen LogP contribution in [-0.4, -0.2) is 20.1 Å². The van der Waals surface area contributed by atoms with E-state index in [1.54, 1.807) is 0 Å². The van der Waals surface area contributed by atoms with Gasteiger partial charge in [0.15, 0.2) is 0 Å². The second kappa shape index (κ2) is 5.66. The Bertz CT molecular complexity index is 732. The quantitative estimate of drug-likeness (QED) is 0.562. The molecule has 0 unspecified atom stereocenters. The van der Waals surface area contributed by atoms with E-state index in [1.165, 1.54) is 13.1 Å². The minimum Gasteiger partial charge on any atom is -0.655 e. The standard InChI is InChI=1S/C12H15F2N2O5P/c1-7-5-16(11(18)15-10(7)17)6-8-3-2-4-9(8)12(13,14)22(19,20)21/h5H,2-4,6H2,1H3,(H,15,17,18)(H2,19,20,21)/p-1. The van der Waals surface area contributed by atoms with Crippen LogP contribution in [0, 0.1) is 6.92 Å². The monoisotopic (exact) mass is 335 g/mol. The van der Waals surface area contributed by atoms with E-state index in [1.807, 2.05) is 4.98 Å². The molecule has 0 fully saturated rings. The van der Waals surface area contributed by atoms with Gasteiger partial charge in [-0.15, -0.1) is 0 Å². The number of allylic oxidation sites excluding steroid dienone is 2. The molecule has 2 rings (SSSR count). The highest BCUT2D eigenvalue weighted by Crippen LogP contribution is 2.59. The fraction of sp³-hybridized carbons (Fsp3) is 0.500. The lowest BCUT2D eigenvalue weighted by Crippen LogP contribution is -2.39. The molecule has 0 atom stereocenters. The van der Waals surface area contributed by atoms with Crippen LogP contribution in [0.4, 0.5) is 8.78 Å². The lowest BCUT2D eigenvalue weighted by atomic mass is 10.1. The Morgan fingerprint density at radius 2 is 2.05 bits per heavy atom. The lowest BCUT2D eigenvalue weighted by molar-refractivity contribution is -0.349. The van der Waals surface area contributed by atoms with Gasteiger partial charge < -0.3 is 9.79 Å². The van der Waals surface area contributed by atoms with Gasteiger partial charge in [0.1, 0.15) is 7.94 Å². The van der Waals surface area contributed by atoms with Crippen LogP contribution < -0.4 is 21.0 Å². The normalized spacial score (nSPS) is 16.5. The van der Waals surface area contributed by atoms with Crippen molar-refractivity contribution in [3.63, 3.8) is 0 Å². The Kier molecular flexibility index (Phi) is 4.36. The molecule has 0 spiro atoms. The summed E-state index contributed by atoms with van der Waals surface area (Å²) in [5, 5.41) is 0. The molecule has 0 bridgehead atoms. The molecule has 1 heterocycles. The van der Waals surface area contributed by atoms with Crippen molar-refractivity contribution < 1.29 is 23.5 Å². The van der Waals surface area contributed by atoms with E-state index in [-0.39, 0.29) is 30.5 Å². The molecule has 122 valence electrons. The first-order chi connectivity index (χ1) is 10.0. The number of aromatic amines is 1. The average molecular weight is 335 g/mol. The van der Waals surface area contributed by atoms with Crippen molar-refractivity contribution in [2.24, 2.45) is 0 Å². The Labute approximate surface area is 124 Å². The van der Waals surface area contributed by atoms with Gasteiger partial charge in [0.25, 0.3) is 5.56 Å². The predicted molar refractivity (Wildman–Crippen MR) is 71.0 cm³/mol. The number of nitrogens with one attached hydrogen (secondary N) is 1. The van der Waals surface area contributed by atoms with Crippen molar-refractivity contribution in [1.82, 2.24) is 9.55 Å². The molecule has 0 aliphatic heterocycles. The van der Waals surface area contributed by atoms with Gasteiger partial charge in [-0.1, -0.05) is 0 Å². The fourth-order valence-electron chi connectivity index (χ4n) is 2.46. The average Bonchev–Trinajstić information content (AvgIpc) is 2.83. The molecule has 22 heavy (non-hydrogen) atoms. The molecule has 0 radical (unpaired) electrons. The van der Waals surface area contributed by atoms with E-state index in [0.29, 0.717) is 6.42 Å². The van der Waals surface area contributed by atoms with Crippen molar-refractivity contribution in [2.45, 2.75) is 38.4 Å². The summed E-state index contributed by atoms with van der Waals surface area (Å²) in [6.07, 6.45) is 1.54. The first-order valence-corrected chi connectivity index (χ1v) is 8.05. The number of H-pyrrole nitrogens is 1. The SMILES string of the molecule is Cc1cn(CC2=C(C(F)(F)[P+]([O-])([O-])O)CCC2)c(=O)[nH]c1=O. The van der Waals surface area contributed by atoms with Crippen LogP contribution >= 0.6 is 7.94 Å². The summed E-state index contributed by atoms with van der Waals surface area (Å²) in [6, 6.07) is 0. The predicted octanol–water partition coefficient (Wildman–Crippen LogP) is -0.606. The summed E-state index contributed by atoms with van der Waals surface area (Å²) in [5.74, 6) is 0. The molecular formula is C12H14F2N2O5P-. The van der Waals surface area contributed by atoms with E-state index >= 15 is 0 Å². The molecule has 1 aliphatic rings. The van der Waals surface area contributed by atoms with Crippen LogP contribution in [0.25, 0.3) is 0 Å². The Morgan fingerprint density at radius 3 is 2.64 bits per heavy atom. The van der Waals surface area contributed by atoms with Crippen LogP contribution in [0.2, 0.25) is 0 Å². The Morgan fingerprint density at radius 1 is 1.41 bits per heavy atom. The van der Waals surface area contributed by atoms with Gasteiger partial charge in [-0.05, 0) is 31.8 Å². The zero-order valence-electron chi connectivity index (χ0n) is 11.6. The maximum atomic E-state index is 13.8. The van der Waals surface area contributed by atoms with E-state index in [9.17, 15) is 28.2 Å². The lowest BCUT2D eigenvalue weighted by Gasteiger charge is -2.36. The first-order valence-electron chi connectivity index (χ1n) is 6.47. The minimum absolute atomic E-state index is 0.0728. The van der Waals surface area contributed by atoms with Crippen LogP contribution in [0.15, 0.2) is 26.9 Å². The van der Waals surface area contributed by atoms with E-state index < -0.39 is 30.4 Å². The number of halogens is 2. The van der Waals surface area contributed by atoms with Crippen molar-refractivity contribution in [3.05, 3.63) is 43.7 Å². The molecule has 0 amide bonds. The summed E-state index contributed by atoms with van der Waals surface area (Å²) in [6.45, 7) is 1.19. The van der Waals surface area contributed by atoms with Gasteiger partial charge in [0, 0.05) is 23.9 Å². The number of hydrogen-bond donors (Lipinski definition) is 2. The number of rotatable bonds is 4. The van der Waals surface area contributed by atoms with E-state index in [2.05, 4.69) is 0 Å². The highest BCUT2D eigenvalue weighted by molar-refractivity contribution is 7.57. The molecule has 7 nitrogen and oxygen atoms in total. The maximum absolute atomic E-state index is 13.8. The van der Waals surface area contributed by atoms with Crippen LogP contribution in [0.3, 0.4) is 0 Å². The summed E-state index contributed by atoms with van der Waals surface area (Å²) in [4.78, 5) is 55.5. The first kappa shape index (κ1) is 17.0. The molecule has 0 aromatic carbocycles. The highest BCUT2D eigenvalue weighted by Gasteiger charge is 2.51. The Hall–Kier alpha value is -1.41. The number of nitrogens with zero attached hydrogens (tertiary/aromatic N) is 1. The van der Waals surface area contributed by atoms with Crippen LogP contribution in [0.1, 0.15) is 24.8 Å². The fourth-order valence-corrected chi connectivity index (χ4v) is 3.07. The van der Waals surface area contributed by atoms with Gasteiger partial charge in [-0.2, -0.15) is 8.78 Å². The minimum atomic E-state index is -5.88. The van der Waals surface area contributed by atoms with Gasteiger partial charge in [-0.25, -0.2) is 4.79 Å². The van der Waals surface area contributed by atoms with Crippen LogP contribution in [0.5, 0.6) is 0 Å². The molecule has 0 saturated heterocycles. The van der Waals surface area contributed by atoms with Gasteiger partial charge in [-0.3, -0.25) is 19.2 Å². The van der Waals surface area contributed by atoms with Crippen LogP contribution in [-0.2, 0) is 6.54 Å². The zero-order valence-corrected chi connectivity index (χ0v) is 12.5. The maximum Gasteiger partial charge on any atom is 0.392 e. The van der Waals surface area contributed by atoms with Crippen molar-refractivity contribution in [2.75, 3.05) is 0 Å².